The molecule has 16 heavy (non-hydrogen) atoms. The highest BCUT2D eigenvalue weighted by Crippen LogP contribution is 2.26. The molecule has 2 N–H and O–H groups in total. The van der Waals surface area contributed by atoms with Crippen LogP contribution in [0.25, 0.3) is 0 Å². The average Bonchev–Trinajstić information content (AvgIpc) is 2.59. The van der Waals surface area contributed by atoms with Crippen molar-refractivity contribution < 1.29 is 0 Å². The zero-order chi connectivity index (χ0) is 11.4. The van der Waals surface area contributed by atoms with E-state index in [1.54, 1.807) is 4.68 Å². The maximum absolute atomic E-state index is 6.49. The highest BCUT2D eigenvalue weighted by atomic mass is 15.4. The first-order chi connectivity index (χ1) is 7.68. The fourth-order valence-electron chi connectivity index (χ4n) is 2.62. The van der Waals surface area contributed by atoms with E-state index in [0.29, 0.717) is 0 Å². The van der Waals surface area contributed by atoms with Gasteiger partial charge in [0.25, 0.3) is 0 Å². The van der Waals surface area contributed by atoms with E-state index < -0.39 is 0 Å². The zero-order valence-corrected chi connectivity index (χ0v) is 10.2. The Balaban J connectivity index is 1.99. The lowest BCUT2D eigenvalue weighted by Crippen LogP contribution is -2.42. The topological polar surface area (TPSA) is 56.7 Å². The Labute approximate surface area is 97.2 Å². The molecular weight excluding hydrogens is 200 g/mol. The maximum atomic E-state index is 6.49. The molecule has 0 saturated heterocycles. The van der Waals surface area contributed by atoms with Crippen molar-refractivity contribution >= 4 is 0 Å². The Morgan fingerprint density at radius 3 is 2.44 bits per heavy atom. The third kappa shape index (κ3) is 3.04. The maximum Gasteiger partial charge on any atom is 0.0845 e. The van der Waals surface area contributed by atoms with Crippen LogP contribution >= 0.6 is 0 Å². The van der Waals surface area contributed by atoms with Gasteiger partial charge < -0.3 is 5.73 Å². The fourth-order valence-corrected chi connectivity index (χ4v) is 2.62. The van der Waals surface area contributed by atoms with Gasteiger partial charge in [0, 0.05) is 25.2 Å². The summed E-state index contributed by atoms with van der Waals surface area (Å²) in [5, 5.41) is 8.11. The predicted octanol–water partition coefficient (Wildman–Crippen LogP) is 1.80. The summed E-state index contributed by atoms with van der Waals surface area (Å²) in [6.45, 7) is 0. The first-order valence-corrected chi connectivity index (χ1v) is 6.32. The molecule has 0 unspecified atom stereocenters. The number of nitrogens with two attached hydrogens (primary N) is 1. The molecule has 0 spiro atoms. The molecule has 1 aromatic rings. The van der Waals surface area contributed by atoms with E-state index in [4.69, 9.17) is 5.73 Å². The highest BCUT2D eigenvalue weighted by molar-refractivity contribution is 5.02. The molecule has 1 saturated carbocycles. The predicted molar refractivity (Wildman–Crippen MR) is 63.9 cm³/mol. The summed E-state index contributed by atoms with van der Waals surface area (Å²) in [6.07, 6.45) is 11.7. The van der Waals surface area contributed by atoms with Gasteiger partial charge in [-0.2, -0.15) is 0 Å². The third-order valence-corrected chi connectivity index (χ3v) is 3.53. The molecule has 1 fully saturated rings. The average molecular weight is 222 g/mol. The summed E-state index contributed by atoms with van der Waals surface area (Å²) in [4.78, 5) is 0. The van der Waals surface area contributed by atoms with Gasteiger partial charge in [-0.1, -0.05) is 37.3 Å². The fraction of sp³-hybridized carbons (Fsp3) is 0.833. The van der Waals surface area contributed by atoms with E-state index in [9.17, 15) is 0 Å². The normalized spacial score (nSPS) is 21.4. The number of hydrogen-bond acceptors (Lipinski definition) is 3. The molecule has 1 aromatic heterocycles. The van der Waals surface area contributed by atoms with Gasteiger partial charge in [-0.15, -0.1) is 5.10 Å². The summed E-state index contributed by atoms with van der Waals surface area (Å²) in [6, 6.07) is 0. The number of aromatic nitrogens is 3. The molecular formula is C12H22N4. The van der Waals surface area contributed by atoms with Crippen LogP contribution in [-0.2, 0) is 13.5 Å². The van der Waals surface area contributed by atoms with Crippen LogP contribution in [0.4, 0.5) is 0 Å². The molecule has 1 aliphatic carbocycles. The molecule has 2 rings (SSSR count). The van der Waals surface area contributed by atoms with Gasteiger partial charge >= 0.3 is 0 Å². The van der Waals surface area contributed by atoms with E-state index >= 15 is 0 Å². The number of aryl methyl sites for hydroxylation is 1. The Morgan fingerprint density at radius 1 is 1.25 bits per heavy atom. The first-order valence-electron chi connectivity index (χ1n) is 6.32. The van der Waals surface area contributed by atoms with Gasteiger partial charge in [0.2, 0.25) is 0 Å². The van der Waals surface area contributed by atoms with Crippen LogP contribution in [0.1, 0.15) is 50.6 Å². The summed E-state index contributed by atoms with van der Waals surface area (Å²) < 4.78 is 1.75. The monoisotopic (exact) mass is 222 g/mol. The summed E-state index contributed by atoms with van der Waals surface area (Å²) in [7, 11) is 1.90. The minimum atomic E-state index is -0.0452. The van der Waals surface area contributed by atoms with Crippen LogP contribution in [-0.4, -0.2) is 20.5 Å². The van der Waals surface area contributed by atoms with Crippen molar-refractivity contribution in [1.29, 1.82) is 0 Å². The van der Waals surface area contributed by atoms with Gasteiger partial charge in [-0.3, -0.25) is 4.68 Å². The smallest absolute Gasteiger partial charge is 0.0845 e. The van der Waals surface area contributed by atoms with Crippen molar-refractivity contribution in [3.8, 4) is 0 Å². The molecule has 0 radical (unpaired) electrons. The number of nitrogens with zero attached hydrogens (tertiary/aromatic N) is 3. The Kier molecular flexibility index (Phi) is 3.59. The quantitative estimate of drug-likeness (QED) is 0.830. The molecule has 0 aromatic carbocycles. The van der Waals surface area contributed by atoms with Crippen molar-refractivity contribution in [1.82, 2.24) is 15.0 Å². The van der Waals surface area contributed by atoms with Crippen molar-refractivity contribution in [2.24, 2.45) is 12.8 Å². The van der Waals surface area contributed by atoms with Crippen molar-refractivity contribution in [3.63, 3.8) is 0 Å². The van der Waals surface area contributed by atoms with Crippen molar-refractivity contribution in [2.45, 2.75) is 56.9 Å². The van der Waals surface area contributed by atoms with Crippen molar-refractivity contribution in [3.05, 3.63) is 11.9 Å². The molecule has 1 aliphatic rings. The first kappa shape index (κ1) is 11.6. The Morgan fingerprint density at radius 2 is 1.88 bits per heavy atom. The Hall–Kier alpha value is -0.900. The van der Waals surface area contributed by atoms with Gasteiger partial charge in [-0.05, 0) is 12.8 Å². The Bertz CT molecular complexity index is 324. The molecule has 0 atom stereocenters. The number of rotatable bonds is 2. The lowest BCUT2D eigenvalue weighted by Gasteiger charge is -2.30. The SMILES string of the molecule is Cn1cc(CC2(N)CCCCCCC2)nn1. The van der Waals surface area contributed by atoms with Crippen LogP contribution in [0.5, 0.6) is 0 Å². The molecule has 90 valence electrons. The van der Waals surface area contributed by atoms with E-state index in [1.807, 2.05) is 13.2 Å². The molecule has 0 bridgehead atoms. The van der Waals surface area contributed by atoms with E-state index in [0.717, 1.165) is 25.0 Å². The molecule has 1 heterocycles. The van der Waals surface area contributed by atoms with E-state index in [-0.39, 0.29) is 5.54 Å². The minimum absolute atomic E-state index is 0.0452. The van der Waals surface area contributed by atoms with Gasteiger partial charge in [0.05, 0.1) is 5.69 Å². The van der Waals surface area contributed by atoms with Crippen LogP contribution in [0.15, 0.2) is 6.20 Å². The van der Waals surface area contributed by atoms with Crippen LogP contribution in [0.3, 0.4) is 0 Å². The summed E-state index contributed by atoms with van der Waals surface area (Å²) >= 11 is 0. The standard InChI is InChI=1S/C12H22N4/c1-16-10-11(14-15-16)9-12(13)7-5-3-2-4-6-8-12/h10H,2-9,13H2,1H3. The highest BCUT2D eigenvalue weighted by Gasteiger charge is 2.26. The largest absolute Gasteiger partial charge is 0.325 e. The molecule has 0 amide bonds. The second-order valence-electron chi connectivity index (χ2n) is 5.19. The van der Waals surface area contributed by atoms with Gasteiger partial charge in [-0.25, -0.2) is 0 Å². The van der Waals surface area contributed by atoms with E-state index in [1.165, 1.54) is 32.1 Å². The van der Waals surface area contributed by atoms with E-state index in [2.05, 4.69) is 10.3 Å². The molecule has 4 nitrogen and oxygen atoms in total. The minimum Gasteiger partial charge on any atom is -0.325 e. The summed E-state index contributed by atoms with van der Waals surface area (Å²) in [5.74, 6) is 0. The summed E-state index contributed by atoms with van der Waals surface area (Å²) in [5.41, 5.74) is 7.48. The zero-order valence-electron chi connectivity index (χ0n) is 10.2. The lowest BCUT2D eigenvalue weighted by atomic mass is 9.81. The third-order valence-electron chi connectivity index (χ3n) is 3.53. The lowest BCUT2D eigenvalue weighted by molar-refractivity contribution is 0.312. The molecule has 4 heteroatoms. The van der Waals surface area contributed by atoms with Crippen LogP contribution in [0, 0.1) is 0 Å². The number of hydrogen-bond donors (Lipinski definition) is 1. The van der Waals surface area contributed by atoms with Crippen LogP contribution < -0.4 is 5.73 Å². The van der Waals surface area contributed by atoms with Crippen LogP contribution in [0.2, 0.25) is 0 Å². The van der Waals surface area contributed by atoms with Gasteiger partial charge in [0.1, 0.15) is 0 Å². The second-order valence-corrected chi connectivity index (χ2v) is 5.19. The second kappa shape index (κ2) is 4.95. The van der Waals surface area contributed by atoms with Crippen molar-refractivity contribution in [2.75, 3.05) is 0 Å². The molecule has 0 aliphatic heterocycles. The van der Waals surface area contributed by atoms with Gasteiger partial charge in [0.15, 0.2) is 0 Å².